The predicted octanol–water partition coefficient (Wildman–Crippen LogP) is 5.06. The molecule has 0 radical (unpaired) electrons. The van der Waals surface area contributed by atoms with Gasteiger partial charge < -0.3 is 15.5 Å². The van der Waals surface area contributed by atoms with Crippen LogP contribution >= 0.6 is 0 Å². The molecule has 4 aromatic rings. The Hall–Kier alpha value is -4.98. The molecule has 0 saturated heterocycles. The first-order valence-electron chi connectivity index (χ1n) is 12.0. The van der Waals surface area contributed by atoms with Gasteiger partial charge in [0, 0.05) is 17.3 Å². The lowest BCUT2D eigenvalue weighted by Crippen LogP contribution is -2.43. The molecular formula is C29H23N7O. The number of hydrogen-bond donors (Lipinski definition) is 2. The van der Waals surface area contributed by atoms with Crippen molar-refractivity contribution in [3.8, 4) is 17.0 Å². The summed E-state index contributed by atoms with van der Waals surface area (Å²) in [5.41, 5.74) is 12.6. The zero-order valence-electron chi connectivity index (χ0n) is 20.3. The summed E-state index contributed by atoms with van der Waals surface area (Å²) < 4.78 is 5.37. The summed E-state index contributed by atoms with van der Waals surface area (Å²) in [6, 6.07) is 24.2. The van der Waals surface area contributed by atoms with E-state index in [0.29, 0.717) is 17.6 Å². The van der Waals surface area contributed by atoms with Crippen LogP contribution in [0.5, 0.6) is 5.75 Å². The smallest absolute Gasteiger partial charge is 0.232 e. The Morgan fingerprint density at radius 3 is 2.54 bits per heavy atom. The maximum atomic E-state index is 6.32. The number of nitrogens with zero attached hydrogens (tertiary/aromatic N) is 5. The molecule has 4 heterocycles. The van der Waals surface area contributed by atoms with E-state index in [9.17, 15) is 0 Å². The summed E-state index contributed by atoms with van der Waals surface area (Å²) in [6.45, 7) is 2.07. The number of methoxy groups -OCH3 is 1. The van der Waals surface area contributed by atoms with Gasteiger partial charge in [-0.1, -0.05) is 48.0 Å². The second-order valence-corrected chi connectivity index (χ2v) is 9.18. The Kier molecular flexibility index (Phi) is 4.47. The number of hydrogen-bond acceptors (Lipinski definition) is 7. The lowest BCUT2D eigenvalue weighted by Gasteiger charge is -2.34. The third-order valence-electron chi connectivity index (χ3n) is 6.99. The topological polar surface area (TPSA) is 104 Å². The summed E-state index contributed by atoms with van der Waals surface area (Å²) in [5, 5.41) is 0. The average Bonchev–Trinajstić information content (AvgIpc) is 3.49. The second-order valence-electron chi connectivity index (χ2n) is 9.18. The van der Waals surface area contributed by atoms with E-state index in [4.69, 9.17) is 25.4 Å². The monoisotopic (exact) mass is 485 g/mol. The number of para-hydroxylation sites is 1. The number of ether oxygens (including phenoxy) is 1. The van der Waals surface area contributed by atoms with Crippen LogP contribution in [0.3, 0.4) is 0 Å². The number of aromatic amines is 1. The minimum Gasteiger partial charge on any atom is -0.497 e. The highest BCUT2D eigenvalue weighted by Gasteiger charge is 2.54. The first-order chi connectivity index (χ1) is 18.1. The number of aliphatic imine (C=N–C) groups is 3. The molecule has 3 aliphatic heterocycles. The number of nitrogen functional groups attached to an aromatic ring is 1. The highest BCUT2D eigenvalue weighted by molar-refractivity contribution is 6.24. The van der Waals surface area contributed by atoms with Gasteiger partial charge >= 0.3 is 0 Å². The summed E-state index contributed by atoms with van der Waals surface area (Å²) in [6.07, 6.45) is 3.80. The molecule has 0 fully saturated rings. The Morgan fingerprint density at radius 1 is 0.973 bits per heavy atom. The number of nitrogens with one attached hydrogen (secondary N) is 1. The summed E-state index contributed by atoms with van der Waals surface area (Å²) in [5.74, 6) is 2.36. The van der Waals surface area contributed by atoms with Crippen molar-refractivity contribution in [1.82, 2.24) is 14.9 Å². The number of aromatic nitrogens is 2. The fourth-order valence-electron chi connectivity index (χ4n) is 5.22. The number of fused-ring (bicyclic) bond motifs is 2. The number of nitrogens with two attached hydrogens (primary N) is 1. The number of anilines is 1. The Morgan fingerprint density at radius 2 is 1.76 bits per heavy atom. The molecule has 0 spiro atoms. The number of guanidine groups is 1. The van der Waals surface area contributed by atoms with Gasteiger partial charge in [0.05, 0.1) is 29.9 Å². The van der Waals surface area contributed by atoms with Crippen molar-refractivity contribution < 1.29 is 4.74 Å². The van der Waals surface area contributed by atoms with Crippen molar-refractivity contribution in [1.29, 1.82) is 0 Å². The lowest BCUT2D eigenvalue weighted by atomic mass is 9.82. The Labute approximate surface area is 213 Å². The van der Waals surface area contributed by atoms with Crippen LogP contribution in [-0.4, -0.2) is 40.0 Å². The highest BCUT2D eigenvalue weighted by Crippen LogP contribution is 2.50. The first kappa shape index (κ1) is 21.3. The van der Waals surface area contributed by atoms with E-state index in [0.717, 1.165) is 50.9 Å². The predicted molar refractivity (Wildman–Crippen MR) is 146 cm³/mol. The van der Waals surface area contributed by atoms with Crippen LogP contribution in [0.1, 0.15) is 22.4 Å². The SMILES string of the molecule is COc1ccc(-c2nc(N)[nH]c2C2(c3ccc(C)cc3)N=C3N=CC=C4c5ccccc5N=C2N43)cc1. The second kappa shape index (κ2) is 7.76. The Balaban J connectivity index is 1.56. The average molecular weight is 486 g/mol. The fourth-order valence-corrected chi connectivity index (χ4v) is 5.22. The minimum absolute atomic E-state index is 0.299. The normalized spacial score (nSPS) is 19.1. The maximum Gasteiger partial charge on any atom is 0.232 e. The molecule has 180 valence electrons. The summed E-state index contributed by atoms with van der Waals surface area (Å²) in [7, 11) is 1.65. The van der Waals surface area contributed by atoms with Crippen molar-refractivity contribution in [3.05, 3.63) is 101 Å². The zero-order chi connectivity index (χ0) is 25.1. The summed E-state index contributed by atoms with van der Waals surface area (Å²) >= 11 is 0. The number of imidazole rings is 1. The van der Waals surface area contributed by atoms with E-state index in [2.05, 4.69) is 47.2 Å². The third kappa shape index (κ3) is 3.02. The molecule has 37 heavy (non-hydrogen) atoms. The quantitative estimate of drug-likeness (QED) is 0.422. The van der Waals surface area contributed by atoms with E-state index >= 15 is 0 Å². The molecule has 8 heteroatoms. The van der Waals surface area contributed by atoms with Crippen molar-refractivity contribution in [2.45, 2.75) is 12.5 Å². The van der Waals surface area contributed by atoms with E-state index in [1.807, 2.05) is 53.4 Å². The first-order valence-corrected chi connectivity index (χ1v) is 12.0. The number of allylic oxidation sites excluding steroid dienone is 1. The summed E-state index contributed by atoms with van der Waals surface area (Å²) in [4.78, 5) is 25.3. The molecule has 0 saturated carbocycles. The van der Waals surface area contributed by atoms with Gasteiger partial charge in [0.2, 0.25) is 5.96 Å². The number of H-pyrrole nitrogens is 1. The van der Waals surface area contributed by atoms with Crippen LogP contribution in [0.2, 0.25) is 0 Å². The van der Waals surface area contributed by atoms with Gasteiger partial charge in [-0.2, -0.15) is 0 Å². The zero-order valence-corrected chi connectivity index (χ0v) is 20.3. The van der Waals surface area contributed by atoms with Gasteiger partial charge in [-0.15, -0.1) is 0 Å². The molecule has 1 atom stereocenters. The van der Waals surface area contributed by atoms with Gasteiger partial charge in [0.25, 0.3) is 0 Å². The molecule has 3 aromatic carbocycles. The molecule has 1 unspecified atom stereocenters. The van der Waals surface area contributed by atoms with Gasteiger partial charge in [-0.25, -0.2) is 20.0 Å². The number of aryl methyl sites for hydroxylation is 1. The van der Waals surface area contributed by atoms with Gasteiger partial charge in [-0.3, -0.25) is 4.90 Å². The maximum absolute atomic E-state index is 6.32. The molecule has 0 aliphatic carbocycles. The molecule has 8 nitrogen and oxygen atoms in total. The minimum atomic E-state index is -1.06. The third-order valence-corrected chi connectivity index (χ3v) is 6.99. The van der Waals surface area contributed by atoms with Gasteiger partial charge in [0.15, 0.2) is 17.3 Å². The van der Waals surface area contributed by atoms with Crippen LogP contribution in [-0.2, 0) is 5.54 Å². The molecule has 1 aromatic heterocycles. The van der Waals surface area contributed by atoms with E-state index in [1.165, 1.54) is 0 Å². The van der Waals surface area contributed by atoms with Gasteiger partial charge in [0.1, 0.15) is 5.75 Å². The molecule has 0 bridgehead atoms. The van der Waals surface area contributed by atoms with Crippen LogP contribution in [0, 0.1) is 6.92 Å². The van der Waals surface area contributed by atoms with Crippen molar-refractivity contribution in [2.75, 3.05) is 12.8 Å². The standard InChI is InChI=1S/C29H23N7O/c1-17-7-11-19(12-8-17)29(25-24(33-27(30)34-25)18-9-13-20(37-2)14-10-18)26-32-22-6-4-3-5-21(22)23-15-16-31-28(35-29)36(23)26/h3-16H,1-2H3,(H3,30,33,34). The molecule has 3 N–H and O–H groups in total. The van der Waals surface area contributed by atoms with E-state index in [-0.39, 0.29) is 0 Å². The van der Waals surface area contributed by atoms with Crippen molar-refractivity contribution in [3.63, 3.8) is 0 Å². The van der Waals surface area contributed by atoms with Gasteiger partial charge in [-0.05, 0) is 48.9 Å². The number of amidine groups is 1. The molecule has 0 amide bonds. The Bertz CT molecular complexity index is 1680. The molecule has 3 aliphatic rings. The van der Waals surface area contributed by atoms with E-state index in [1.54, 1.807) is 13.3 Å². The van der Waals surface area contributed by atoms with Crippen molar-refractivity contribution in [2.24, 2.45) is 15.0 Å². The lowest BCUT2D eigenvalue weighted by molar-refractivity contribution is 0.415. The highest BCUT2D eigenvalue weighted by atomic mass is 16.5. The van der Waals surface area contributed by atoms with Crippen LogP contribution < -0.4 is 10.5 Å². The number of rotatable bonds is 4. The van der Waals surface area contributed by atoms with Crippen LogP contribution in [0.25, 0.3) is 17.0 Å². The molecular weight excluding hydrogens is 462 g/mol. The largest absolute Gasteiger partial charge is 0.497 e. The van der Waals surface area contributed by atoms with Crippen molar-refractivity contribution >= 4 is 35.3 Å². The number of benzene rings is 3. The molecule has 7 rings (SSSR count). The van der Waals surface area contributed by atoms with Crippen LogP contribution in [0.15, 0.2) is 93.8 Å². The van der Waals surface area contributed by atoms with E-state index < -0.39 is 5.54 Å². The fraction of sp³-hybridized carbons (Fsp3) is 0.103. The van der Waals surface area contributed by atoms with Crippen LogP contribution in [0.4, 0.5) is 11.6 Å².